The van der Waals surface area contributed by atoms with Crippen LogP contribution >= 0.6 is 0 Å². The average molecular weight is 551 g/mol. The highest BCUT2D eigenvalue weighted by Gasteiger charge is 2.22. The van der Waals surface area contributed by atoms with Crippen molar-refractivity contribution in [2.75, 3.05) is 9.80 Å². The van der Waals surface area contributed by atoms with Crippen molar-refractivity contribution < 1.29 is 0 Å². The van der Waals surface area contributed by atoms with Crippen molar-refractivity contribution in [3.8, 4) is 0 Å². The number of fused-ring (bicyclic) bond motifs is 4. The summed E-state index contributed by atoms with van der Waals surface area (Å²) in [4.78, 5) is 4.76. The quantitative estimate of drug-likeness (QED) is 0.216. The molecule has 204 valence electrons. The molecule has 0 saturated heterocycles. The van der Waals surface area contributed by atoms with E-state index in [1.54, 1.807) is 0 Å². The summed E-state index contributed by atoms with van der Waals surface area (Å²) in [6.45, 7) is 0. The molecule has 2 nitrogen and oxygen atoms in total. The van der Waals surface area contributed by atoms with Crippen molar-refractivity contribution in [3.63, 3.8) is 0 Å². The number of para-hydroxylation sites is 4. The molecule has 2 heterocycles. The minimum atomic E-state index is 0.853. The minimum absolute atomic E-state index is 0.853. The maximum Gasteiger partial charge on any atom is 0.0534 e. The third-order valence-electron chi connectivity index (χ3n) is 8.41. The van der Waals surface area contributed by atoms with E-state index in [-0.39, 0.29) is 0 Å². The molecule has 2 aliphatic heterocycles. The third kappa shape index (κ3) is 4.54. The summed E-state index contributed by atoms with van der Waals surface area (Å²) in [5, 5.41) is 0. The Morgan fingerprint density at radius 2 is 0.814 bits per heavy atom. The molecule has 0 N–H and O–H groups in total. The van der Waals surface area contributed by atoms with Crippen molar-refractivity contribution >= 4 is 58.3 Å². The molecule has 0 atom stereocenters. The van der Waals surface area contributed by atoms with Crippen molar-refractivity contribution in [3.05, 3.63) is 179 Å². The van der Waals surface area contributed by atoms with Gasteiger partial charge in [0, 0.05) is 11.4 Å². The van der Waals surface area contributed by atoms with Crippen molar-refractivity contribution in [2.45, 2.75) is 6.42 Å². The summed E-state index contributed by atoms with van der Waals surface area (Å²) in [5.41, 5.74) is 14.4. The zero-order valence-corrected chi connectivity index (χ0v) is 23.8. The molecule has 8 rings (SSSR count). The van der Waals surface area contributed by atoms with Crippen molar-refractivity contribution in [1.82, 2.24) is 0 Å². The standard InChI is InChI=1S/C41H30N2/c1-5-16-38-32(10-1)20-21-33-11-2-6-17-39(33)42(38)36-15-9-14-30(24-27-36)31-25-28-37(29-26-31)43-40-18-7-3-12-34(40)22-23-35-13-4-8-19-41(35)43/h1-8,10-29H,9H2. The Morgan fingerprint density at radius 3 is 1.30 bits per heavy atom. The van der Waals surface area contributed by atoms with Crippen LogP contribution in [0, 0.1) is 0 Å². The molecular weight excluding hydrogens is 520 g/mol. The first-order chi connectivity index (χ1) is 21.3. The van der Waals surface area contributed by atoms with E-state index in [0.717, 1.165) is 12.1 Å². The lowest BCUT2D eigenvalue weighted by atomic mass is 10.0. The number of rotatable bonds is 3. The second-order valence-electron chi connectivity index (χ2n) is 11.0. The molecule has 0 radical (unpaired) electrons. The van der Waals surface area contributed by atoms with E-state index in [9.17, 15) is 0 Å². The second kappa shape index (κ2) is 10.7. The second-order valence-corrected chi connectivity index (χ2v) is 11.0. The number of hydrogen-bond donors (Lipinski definition) is 0. The molecule has 0 aromatic heterocycles. The van der Waals surface area contributed by atoms with E-state index in [1.807, 2.05) is 0 Å². The highest BCUT2D eigenvalue weighted by molar-refractivity contribution is 5.94. The fourth-order valence-corrected chi connectivity index (χ4v) is 6.30. The van der Waals surface area contributed by atoms with Gasteiger partial charge in [-0.05, 0) is 82.3 Å². The van der Waals surface area contributed by atoms with E-state index < -0.39 is 0 Å². The monoisotopic (exact) mass is 550 g/mol. The summed E-state index contributed by atoms with van der Waals surface area (Å²) in [6.07, 6.45) is 18.9. The highest BCUT2D eigenvalue weighted by Crippen LogP contribution is 2.43. The Balaban J connectivity index is 1.12. The largest absolute Gasteiger partial charge is 0.310 e. The SMILES string of the molecule is C1=CC(N2c3ccccc3C=Cc3ccccc32)=CCC=C1c1ccc(N2c3ccccc3C=Cc3ccccc32)cc1. The Kier molecular flexibility index (Phi) is 6.23. The van der Waals surface area contributed by atoms with E-state index in [2.05, 4.69) is 180 Å². The van der Waals surface area contributed by atoms with Crippen LogP contribution in [-0.4, -0.2) is 0 Å². The molecule has 43 heavy (non-hydrogen) atoms. The van der Waals surface area contributed by atoms with Gasteiger partial charge in [0.2, 0.25) is 0 Å². The summed E-state index contributed by atoms with van der Waals surface area (Å²) < 4.78 is 0. The first-order valence-electron chi connectivity index (χ1n) is 14.8. The zero-order chi connectivity index (χ0) is 28.6. The molecular formula is C41H30N2. The van der Waals surface area contributed by atoms with Gasteiger partial charge in [-0.1, -0.05) is 127 Å². The van der Waals surface area contributed by atoms with E-state index in [0.29, 0.717) is 0 Å². The van der Waals surface area contributed by atoms with Gasteiger partial charge in [-0.25, -0.2) is 0 Å². The molecule has 0 unspecified atom stereocenters. The average Bonchev–Trinajstić information content (AvgIpc) is 3.48. The van der Waals surface area contributed by atoms with Crippen LogP contribution in [0.15, 0.2) is 151 Å². The van der Waals surface area contributed by atoms with Gasteiger partial charge >= 0.3 is 0 Å². The van der Waals surface area contributed by atoms with Crippen molar-refractivity contribution in [1.29, 1.82) is 0 Å². The van der Waals surface area contributed by atoms with Crippen LogP contribution in [0.3, 0.4) is 0 Å². The van der Waals surface area contributed by atoms with Crippen LogP contribution < -0.4 is 9.80 Å². The van der Waals surface area contributed by atoms with Crippen LogP contribution in [-0.2, 0) is 0 Å². The Hall–Kier alpha value is -5.60. The number of nitrogens with zero attached hydrogens (tertiary/aromatic N) is 2. The maximum atomic E-state index is 2.39. The molecule has 0 fully saturated rings. The maximum absolute atomic E-state index is 2.39. The smallest absolute Gasteiger partial charge is 0.0534 e. The lowest BCUT2D eigenvalue weighted by molar-refractivity contribution is 1.18. The van der Waals surface area contributed by atoms with Crippen molar-refractivity contribution in [2.24, 2.45) is 0 Å². The minimum Gasteiger partial charge on any atom is -0.310 e. The van der Waals surface area contributed by atoms with Crippen LogP contribution in [0.2, 0.25) is 0 Å². The normalized spacial score (nSPS) is 14.8. The first kappa shape index (κ1) is 25.1. The number of anilines is 5. The molecule has 0 saturated carbocycles. The van der Waals surface area contributed by atoms with Gasteiger partial charge < -0.3 is 9.80 Å². The number of benzene rings is 5. The predicted molar refractivity (Wildman–Crippen MR) is 184 cm³/mol. The molecule has 2 heteroatoms. The number of allylic oxidation sites excluding steroid dienone is 5. The number of hydrogen-bond acceptors (Lipinski definition) is 2. The first-order valence-corrected chi connectivity index (χ1v) is 14.8. The Bertz CT molecular complexity index is 1900. The van der Waals surface area contributed by atoms with Gasteiger partial charge in [0.1, 0.15) is 0 Å². The van der Waals surface area contributed by atoms with Crippen LogP contribution in [0.5, 0.6) is 0 Å². The van der Waals surface area contributed by atoms with Crippen LogP contribution in [0.25, 0.3) is 29.9 Å². The van der Waals surface area contributed by atoms with Gasteiger partial charge in [0.05, 0.1) is 22.7 Å². The zero-order valence-electron chi connectivity index (χ0n) is 23.8. The lowest BCUT2D eigenvalue weighted by Gasteiger charge is -2.28. The van der Waals surface area contributed by atoms with Crippen LogP contribution in [0.1, 0.15) is 34.2 Å². The molecule has 5 aromatic carbocycles. The molecule has 5 aromatic rings. The predicted octanol–water partition coefficient (Wildman–Crippen LogP) is 11.2. The summed E-state index contributed by atoms with van der Waals surface area (Å²) in [7, 11) is 0. The van der Waals surface area contributed by atoms with Gasteiger partial charge in [-0.3, -0.25) is 0 Å². The fraction of sp³-hybridized carbons (Fsp3) is 0.0244. The van der Waals surface area contributed by atoms with Gasteiger partial charge in [-0.15, -0.1) is 0 Å². The van der Waals surface area contributed by atoms with E-state index in [4.69, 9.17) is 0 Å². The summed E-state index contributed by atoms with van der Waals surface area (Å²) in [6, 6.07) is 43.5. The Labute approximate surface area is 253 Å². The molecule has 0 bridgehead atoms. The van der Waals surface area contributed by atoms with E-state index in [1.165, 1.54) is 61.8 Å². The van der Waals surface area contributed by atoms with Gasteiger partial charge in [-0.2, -0.15) is 0 Å². The molecule has 1 aliphatic carbocycles. The lowest BCUT2D eigenvalue weighted by Crippen LogP contribution is -2.16. The molecule has 0 spiro atoms. The molecule has 3 aliphatic rings. The summed E-state index contributed by atoms with van der Waals surface area (Å²) in [5.74, 6) is 0. The van der Waals surface area contributed by atoms with Gasteiger partial charge in [0.15, 0.2) is 0 Å². The van der Waals surface area contributed by atoms with Crippen LogP contribution in [0.4, 0.5) is 28.4 Å². The third-order valence-corrected chi connectivity index (χ3v) is 8.41. The fourth-order valence-electron chi connectivity index (χ4n) is 6.30. The topological polar surface area (TPSA) is 6.48 Å². The van der Waals surface area contributed by atoms with E-state index >= 15 is 0 Å². The Morgan fingerprint density at radius 1 is 0.372 bits per heavy atom. The summed E-state index contributed by atoms with van der Waals surface area (Å²) >= 11 is 0. The van der Waals surface area contributed by atoms with Gasteiger partial charge in [0.25, 0.3) is 0 Å². The highest BCUT2D eigenvalue weighted by atomic mass is 15.2. The molecule has 0 amide bonds.